The molecule has 1 fully saturated rings. The van der Waals surface area contributed by atoms with Gasteiger partial charge in [-0.25, -0.2) is 12.8 Å². The lowest BCUT2D eigenvalue weighted by Crippen LogP contribution is -2.46. The number of likely N-dealkylation sites (N-methyl/N-ethyl adjacent to an activating group) is 1. The van der Waals surface area contributed by atoms with Crippen LogP contribution < -0.4 is 4.90 Å². The van der Waals surface area contributed by atoms with Crippen molar-refractivity contribution in [2.45, 2.75) is 16.7 Å². The smallest absolute Gasteiger partial charge is 0.210 e. The third-order valence-corrected chi connectivity index (χ3v) is 7.02. The zero-order chi connectivity index (χ0) is 19.7. The first kappa shape index (κ1) is 18.8. The molecule has 28 heavy (non-hydrogen) atoms. The van der Waals surface area contributed by atoms with Gasteiger partial charge in [0.2, 0.25) is 9.84 Å². The number of aromatic nitrogens is 1. The monoisotopic (exact) mass is 399 g/mol. The van der Waals surface area contributed by atoms with Gasteiger partial charge in [-0.05, 0) is 36.9 Å². The summed E-state index contributed by atoms with van der Waals surface area (Å²) in [5, 5.41) is 0.530. The van der Waals surface area contributed by atoms with Crippen LogP contribution in [0.5, 0.6) is 0 Å². The van der Waals surface area contributed by atoms with Crippen LogP contribution in [0.4, 0.5) is 10.1 Å². The number of sulfone groups is 1. The quantitative estimate of drug-likeness (QED) is 0.674. The van der Waals surface area contributed by atoms with Gasteiger partial charge in [0.05, 0.1) is 16.1 Å². The predicted octanol–water partition coefficient (Wildman–Crippen LogP) is 3.35. The second kappa shape index (κ2) is 7.48. The van der Waals surface area contributed by atoms with Crippen LogP contribution in [0, 0.1) is 5.82 Å². The summed E-state index contributed by atoms with van der Waals surface area (Å²) in [7, 11) is -3.78. The van der Waals surface area contributed by atoms with Gasteiger partial charge < -0.3 is 9.80 Å². The maximum absolute atomic E-state index is 14.0. The number of hydrogen-bond acceptors (Lipinski definition) is 5. The number of rotatable bonds is 4. The lowest BCUT2D eigenvalue weighted by atomic mass is 10.1. The normalized spacial score (nSPS) is 15.9. The first-order valence-corrected chi connectivity index (χ1v) is 10.8. The fraction of sp³-hybridized carbons (Fsp3) is 0.286. The van der Waals surface area contributed by atoms with Crippen LogP contribution in [-0.4, -0.2) is 51.0 Å². The largest absolute Gasteiger partial charge is 0.367 e. The Balaban J connectivity index is 1.92. The number of benzene rings is 2. The Labute approximate surface area is 164 Å². The molecule has 4 rings (SSSR count). The van der Waals surface area contributed by atoms with Gasteiger partial charge in [0, 0.05) is 37.8 Å². The maximum Gasteiger partial charge on any atom is 0.210 e. The number of nitrogens with zero attached hydrogens (tertiary/aromatic N) is 3. The van der Waals surface area contributed by atoms with Gasteiger partial charge in [-0.1, -0.05) is 25.1 Å². The second-order valence-electron chi connectivity index (χ2n) is 6.87. The van der Waals surface area contributed by atoms with E-state index in [4.69, 9.17) is 0 Å². The highest BCUT2D eigenvalue weighted by Crippen LogP contribution is 2.36. The average molecular weight is 399 g/mol. The molecule has 0 N–H and O–H groups in total. The molecule has 7 heteroatoms. The van der Waals surface area contributed by atoms with E-state index in [-0.39, 0.29) is 9.79 Å². The van der Waals surface area contributed by atoms with E-state index >= 15 is 0 Å². The van der Waals surface area contributed by atoms with E-state index in [1.807, 2.05) is 4.90 Å². The van der Waals surface area contributed by atoms with Gasteiger partial charge in [0.1, 0.15) is 10.7 Å². The molecule has 0 unspecified atom stereocenters. The Morgan fingerprint density at radius 3 is 2.43 bits per heavy atom. The van der Waals surface area contributed by atoms with Gasteiger partial charge in [0.15, 0.2) is 0 Å². The van der Waals surface area contributed by atoms with Crippen molar-refractivity contribution >= 4 is 26.4 Å². The van der Waals surface area contributed by atoms with Crippen LogP contribution in [0.25, 0.3) is 10.9 Å². The van der Waals surface area contributed by atoms with E-state index in [1.54, 1.807) is 36.4 Å². The lowest BCUT2D eigenvalue weighted by Gasteiger charge is -2.36. The molecule has 0 saturated carbocycles. The standard InChI is InChI=1S/C21H22FN3O2S/c1-2-24-10-12-25(13-11-24)21-18-14-16(22)8-9-19(18)23-15-20(21)28(26,27)17-6-4-3-5-7-17/h3-9,14-15H,2,10-13H2,1H3. The number of fused-ring (bicyclic) bond motifs is 1. The van der Waals surface area contributed by atoms with E-state index in [9.17, 15) is 12.8 Å². The molecule has 1 aliphatic heterocycles. The van der Waals surface area contributed by atoms with Crippen LogP contribution in [0.3, 0.4) is 0 Å². The molecule has 1 aliphatic rings. The maximum atomic E-state index is 14.0. The molecule has 5 nitrogen and oxygen atoms in total. The first-order chi connectivity index (χ1) is 13.5. The van der Waals surface area contributed by atoms with Crippen molar-refractivity contribution in [3.63, 3.8) is 0 Å². The van der Waals surface area contributed by atoms with Crippen LogP contribution in [0.1, 0.15) is 6.92 Å². The van der Waals surface area contributed by atoms with Gasteiger partial charge in [-0.2, -0.15) is 0 Å². The number of halogens is 1. The van der Waals surface area contributed by atoms with E-state index in [2.05, 4.69) is 16.8 Å². The van der Waals surface area contributed by atoms with E-state index in [1.165, 1.54) is 18.3 Å². The minimum absolute atomic E-state index is 0.127. The number of piperazine rings is 1. The third kappa shape index (κ3) is 3.36. The fourth-order valence-corrected chi connectivity index (χ4v) is 5.12. The number of anilines is 1. The van der Waals surface area contributed by atoms with Crippen molar-refractivity contribution in [1.29, 1.82) is 0 Å². The average Bonchev–Trinajstić information content (AvgIpc) is 2.73. The third-order valence-electron chi connectivity index (χ3n) is 5.25. The van der Waals surface area contributed by atoms with Crippen LogP contribution >= 0.6 is 0 Å². The van der Waals surface area contributed by atoms with Crippen molar-refractivity contribution in [3.8, 4) is 0 Å². The molecule has 1 saturated heterocycles. The first-order valence-electron chi connectivity index (χ1n) is 9.36. The molecule has 1 aromatic heterocycles. The molecule has 3 aromatic rings. The van der Waals surface area contributed by atoms with Crippen LogP contribution in [0.2, 0.25) is 0 Å². The molecule has 0 amide bonds. The highest BCUT2D eigenvalue weighted by Gasteiger charge is 2.28. The molecule has 2 aromatic carbocycles. The Kier molecular flexibility index (Phi) is 5.03. The topological polar surface area (TPSA) is 53.5 Å². The number of hydrogen-bond donors (Lipinski definition) is 0. The summed E-state index contributed by atoms with van der Waals surface area (Å²) in [5.74, 6) is -0.406. The van der Waals surface area contributed by atoms with Crippen LogP contribution in [-0.2, 0) is 9.84 Å². The fourth-order valence-electron chi connectivity index (χ4n) is 3.67. The van der Waals surface area contributed by atoms with E-state index in [0.29, 0.717) is 29.7 Å². The Hall–Kier alpha value is -2.51. The molecular weight excluding hydrogens is 377 g/mol. The minimum atomic E-state index is -3.78. The Morgan fingerprint density at radius 1 is 1.04 bits per heavy atom. The van der Waals surface area contributed by atoms with Crippen molar-refractivity contribution in [1.82, 2.24) is 9.88 Å². The summed E-state index contributed by atoms with van der Waals surface area (Å²) in [6, 6.07) is 12.6. The predicted molar refractivity (Wildman–Crippen MR) is 108 cm³/mol. The molecule has 0 atom stereocenters. The van der Waals surface area contributed by atoms with Crippen molar-refractivity contribution in [2.75, 3.05) is 37.6 Å². The van der Waals surface area contributed by atoms with Gasteiger partial charge in [0.25, 0.3) is 0 Å². The highest BCUT2D eigenvalue weighted by molar-refractivity contribution is 7.91. The van der Waals surface area contributed by atoms with Crippen molar-refractivity contribution < 1.29 is 12.8 Å². The minimum Gasteiger partial charge on any atom is -0.367 e. The zero-order valence-corrected chi connectivity index (χ0v) is 16.5. The van der Waals surface area contributed by atoms with Crippen molar-refractivity contribution in [3.05, 3.63) is 60.5 Å². The molecular formula is C21H22FN3O2S. The molecule has 0 aliphatic carbocycles. The van der Waals surface area contributed by atoms with E-state index < -0.39 is 15.7 Å². The molecule has 0 bridgehead atoms. The summed E-state index contributed by atoms with van der Waals surface area (Å²) in [6.07, 6.45) is 1.41. The molecule has 0 spiro atoms. The van der Waals surface area contributed by atoms with Gasteiger partial charge >= 0.3 is 0 Å². The SMILES string of the molecule is CCN1CCN(c2c(S(=O)(=O)c3ccccc3)cnc3ccc(F)cc23)CC1. The molecule has 0 radical (unpaired) electrons. The summed E-state index contributed by atoms with van der Waals surface area (Å²) >= 11 is 0. The summed E-state index contributed by atoms with van der Waals surface area (Å²) in [4.78, 5) is 9.01. The highest BCUT2D eigenvalue weighted by atomic mass is 32.2. The summed E-state index contributed by atoms with van der Waals surface area (Å²) in [5.41, 5.74) is 1.13. The molecule has 2 heterocycles. The molecule has 146 valence electrons. The second-order valence-corrected chi connectivity index (χ2v) is 8.79. The van der Waals surface area contributed by atoms with Crippen LogP contribution in [0.15, 0.2) is 64.5 Å². The van der Waals surface area contributed by atoms with Crippen molar-refractivity contribution in [2.24, 2.45) is 0 Å². The van der Waals surface area contributed by atoms with Gasteiger partial charge in [-0.15, -0.1) is 0 Å². The Bertz CT molecular complexity index is 1100. The van der Waals surface area contributed by atoms with E-state index in [0.717, 1.165) is 19.6 Å². The summed E-state index contributed by atoms with van der Waals surface area (Å²) in [6.45, 7) is 6.09. The zero-order valence-electron chi connectivity index (χ0n) is 15.7. The van der Waals surface area contributed by atoms with Gasteiger partial charge in [-0.3, -0.25) is 4.98 Å². The Morgan fingerprint density at radius 2 is 1.75 bits per heavy atom. The summed E-state index contributed by atoms with van der Waals surface area (Å²) < 4.78 is 40.8. The number of pyridine rings is 1. The lowest BCUT2D eigenvalue weighted by molar-refractivity contribution is 0.271.